The number of nitrogens with zero attached hydrogens (tertiary/aromatic N) is 2. The van der Waals surface area contributed by atoms with Gasteiger partial charge in [0, 0.05) is 22.9 Å². The van der Waals surface area contributed by atoms with Crippen LogP contribution < -0.4 is 5.32 Å². The maximum Gasteiger partial charge on any atom is 0.344 e. The molecule has 2 aromatic rings. The highest BCUT2D eigenvalue weighted by Gasteiger charge is 2.57. The van der Waals surface area contributed by atoms with Crippen LogP contribution in [0.3, 0.4) is 0 Å². The smallest absolute Gasteiger partial charge is 0.344 e. The van der Waals surface area contributed by atoms with E-state index >= 15 is 0 Å². The minimum Gasteiger partial charge on any atom is -0.508 e. The lowest BCUT2D eigenvalue weighted by Gasteiger charge is -2.50. The zero-order chi connectivity index (χ0) is 25.4. The third kappa shape index (κ3) is 4.73. The minimum absolute atomic E-state index is 0.0320. The maximum absolute atomic E-state index is 12.7. The van der Waals surface area contributed by atoms with Crippen LogP contribution in [0.1, 0.15) is 67.4 Å². The van der Waals surface area contributed by atoms with E-state index in [9.17, 15) is 14.7 Å². The van der Waals surface area contributed by atoms with Crippen LogP contribution in [0.4, 0.5) is 5.13 Å². The van der Waals surface area contributed by atoms with Crippen LogP contribution in [0.15, 0.2) is 29.6 Å². The fourth-order valence-electron chi connectivity index (χ4n) is 7.13. The van der Waals surface area contributed by atoms with Crippen molar-refractivity contribution in [2.45, 2.75) is 64.7 Å². The van der Waals surface area contributed by atoms with Gasteiger partial charge in [0.15, 0.2) is 5.13 Å². The number of aliphatic carboxylic acids is 1. The van der Waals surface area contributed by atoms with Crippen LogP contribution >= 0.6 is 11.3 Å². The Morgan fingerprint density at radius 1 is 1.33 bits per heavy atom. The quantitative estimate of drug-likeness (QED) is 0.444. The molecule has 5 atom stereocenters. The topological polar surface area (TPSA) is 121 Å². The van der Waals surface area contributed by atoms with Gasteiger partial charge in [-0.1, -0.05) is 18.1 Å². The molecule has 3 aliphatic carbocycles. The van der Waals surface area contributed by atoms with Gasteiger partial charge < -0.3 is 20.4 Å². The van der Waals surface area contributed by atoms with Crippen LogP contribution in [0.5, 0.6) is 5.75 Å². The number of thiazole rings is 1. The van der Waals surface area contributed by atoms with Crippen molar-refractivity contribution >= 4 is 34.1 Å². The molecule has 1 aromatic heterocycles. The second kappa shape index (κ2) is 9.84. The number of benzene rings is 1. The normalized spacial score (nSPS) is 29.8. The highest BCUT2D eigenvalue weighted by molar-refractivity contribution is 7.15. The van der Waals surface area contributed by atoms with Crippen molar-refractivity contribution in [3.63, 3.8) is 0 Å². The summed E-state index contributed by atoms with van der Waals surface area (Å²) in [4.78, 5) is 34.3. The number of oxime groups is 1. The molecule has 1 heterocycles. The number of amides is 1. The fraction of sp³-hybridized carbons (Fsp3) is 0.556. The number of carbonyl (C=O) groups is 2. The lowest BCUT2D eigenvalue weighted by atomic mass is 9.54. The number of aromatic nitrogens is 1. The van der Waals surface area contributed by atoms with Gasteiger partial charge >= 0.3 is 5.97 Å². The molecule has 0 radical (unpaired) electrons. The van der Waals surface area contributed by atoms with Crippen LogP contribution in [-0.2, 0) is 20.8 Å². The predicted octanol–water partition coefficient (Wildman–Crippen LogP) is 5.12. The number of hydrogen-bond donors (Lipinski definition) is 3. The monoisotopic (exact) mass is 511 g/mol. The van der Waals surface area contributed by atoms with E-state index in [4.69, 9.17) is 9.94 Å². The van der Waals surface area contributed by atoms with Gasteiger partial charge in [-0.05, 0) is 92.4 Å². The zero-order valence-electron chi connectivity index (χ0n) is 20.7. The van der Waals surface area contributed by atoms with Crippen LogP contribution in [0, 0.1) is 30.1 Å². The summed E-state index contributed by atoms with van der Waals surface area (Å²) in [6.07, 6.45) is 7.53. The molecule has 0 spiro atoms. The Kier molecular flexibility index (Phi) is 6.76. The Labute approximate surface area is 214 Å². The van der Waals surface area contributed by atoms with E-state index in [0.717, 1.165) is 49.1 Å². The Hall–Kier alpha value is -2.94. The number of phenolic OH excluding ortho intramolecular Hbond substituents is 1. The Bertz CT molecular complexity index is 1190. The van der Waals surface area contributed by atoms with Crippen molar-refractivity contribution in [3.8, 4) is 5.75 Å². The van der Waals surface area contributed by atoms with Crippen LogP contribution in [0.25, 0.3) is 0 Å². The van der Waals surface area contributed by atoms with E-state index in [1.54, 1.807) is 12.3 Å². The average molecular weight is 512 g/mol. The molecular weight excluding hydrogens is 478 g/mol. The van der Waals surface area contributed by atoms with Gasteiger partial charge in [-0.25, -0.2) is 9.78 Å². The number of phenols is 1. The largest absolute Gasteiger partial charge is 0.508 e. The van der Waals surface area contributed by atoms with Gasteiger partial charge in [-0.15, -0.1) is 11.3 Å². The molecule has 192 valence electrons. The summed E-state index contributed by atoms with van der Waals surface area (Å²) in [5.74, 6) is 0.704. The van der Waals surface area contributed by atoms with Crippen molar-refractivity contribution in [1.82, 2.24) is 4.98 Å². The molecule has 0 aliphatic heterocycles. The summed E-state index contributed by atoms with van der Waals surface area (Å²) < 4.78 is 0. The summed E-state index contributed by atoms with van der Waals surface area (Å²) in [6.45, 7) is 3.76. The Morgan fingerprint density at radius 2 is 2.17 bits per heavy atom. The fourth-order valence-corrected chi connectivity index (χ4v) is 7.81. The lowest BCUT2D eigenvalue weighted by molar-refractivity contribution is -0.142. The number of carboxylic acid groups (broad SMARTS) is 1. The maximum atomic E-state index is 12.7. The number of nitrogens with one attached hydrogen (secondary N) is 1. The number of hydrogen-bond acceptors (Lipinski definition) is 7. The van der Waals surface area contributed by atoms with E-state index < -0.39 is 12.6 Å². The van der Waals surface area contributed by atoms with E-state index in [1.807, 2.05) is 13.0 Å². The number of rotatable bonds is 7. The van der Waals surface area contributed by atoms with Crippen molar-refractivity contribution in [1.29, 1.82) is 0 Å². The van der Waals surface area contributed by atoms with Crippen molar-refractivity contribution in [2.24, 2.45) is 28.3 Å². The first-order valence-corrected chi connectivity index (χ1v) is 13.5. The zero-order valence-corrected chi connectivity index (χ0v) is 21.5. The molecule has 2 saturated carbocycles. The third-order valence-corrected chi connectivity index (χ3v) is 9.38. The number of aromatic hydroxyl groups is 1. The molecule has 3 unspecified atom stereocenters. The summed E-state index contributed by atoms with van der Waals surface area (Å²) in [5.41, 5.74) is 3.34. The van der Waals surface area contributed by atoms with Gasteiger partial charge in [0.25, 0.3) is 0 Å². The third-order valence-electron chi connectivity index (χ3n) is 8.56. The van der Waals surface area contributed by atoms with Gasteiger partial charge in [-0.3, -0.25) is 4.79 Å². The van der Waals surface area contributed by atoms with Crippen molar-refractivity contribution in [3.05, 3.63) is 40.4 Å². The molecule has 0 bridgehead atoms. The number of carboxylic acids is 1. The van der Waals surface area contributed by atoms with Crippen molar-refractivity contribution in [2.75, 3.05) is 11.9 Å². The molecule has 8 nitrogen and oxygen atoms in total. The summed E-state index contributed by atoms with van der Waals surface area (Å²) >= 11 is 1.47. The minimum atomic E-state index is -1.04. The Balaban J connectivity index is 1.38. The molecule has 5 rings (SSSR count). The second-order valence-electron chi connectivity index (χ2n) is 10.7. The first-order valence-electron chi connectivity index (χ1n) is 12.7. The molecule has 0 saturated heterocycles. The SMILES string of the molecule is Cc1cnc(NC(=O)CC[C@@H]2C/C(=N\OCC(=O)O)[C@@]3(C)CCC4c5ccc(O)cc5CCC4C23)s1. The molecule has 2 fully saturated rings. The van der Waals surface area contributed by atoms with E-state index in [1.165, 1.54) is 22.5 Å². The van der Waals surface area contributed by atoms with Gasteiger partial charge in [0.05, 0.1) is 5.71 Å². The molecular formula is C27H33N3O5S. The van der Waals surface area contributed by atoms with Gasteiger partial charge in [0.2, 0.25) is 12.5 Å². The highest BCUT2D eigenvalue weighted by Crippen LogP contribution is 2.62. The summed E-state index contributed by atoms with van der Waals surface area (Å²) in [6, 6.07) is 5.78. The summed E-state index contributed by atoms with van der Waals surface area (Å²) in [5, 5.41) is 26.9. The van der Waals surface area contributed by atoms with Crippen LogP contribution in [0.2, 0.25) is 0 Å². The molecule has 3 N–H and O–H groups in total. The average Bonchev–Trinajstić information content (AvgIpc) is 3.36. The predicted molar refractivity (Wildman–Crippen MR) is 137 cm³/mol. The van der Waals surface area contributed by atoms with Crippen molar-refractivity contribution < 1.29 is 24.6 Å². The lowest BCUT2D eigenvalue weighted by Crippen LogP contribution is -2.44. The van der Waals surface area contributed by atoms with E-state index in [-0.39, 0.29) is 17.2 Å². The second-order valence-corrected chi connectivity index (χ2v) is 11.9. The standard InChI is InChI=1S/C27H33N3O5S/c1-15-13-28-26(36-15)29-23(32)8-4-17-12-22(30-35-14-24(33)34)27(2)10-9-20-19-7-5-18(31)11-16(19)3-6-21(20)25(17)27/h5,7,11,13,17,20-21,25,31H,3-4,6,8-10,12,14H2,1-2H3,(H,33,34)(H,28,29,32)/b30-22+/t17-,20?,21?,25?,27-/m1/s1. The summed E-state index contributed by atoms with van der Waals surface area (Å²) in [7, 11) is 0. The molecule has 1 amide bonds. The molecule has 1 aromatic carbocycles. The molecule has 36 heavy (non-hydrogen) atoms. The van der Waals surface area contributed by atoms with Crippen LogP contribution in [-0.4, -0.2) is 39.4 Å². The first-order chi connectivity index (χ1) is 17.2. The number of fused-ring (bicyclic) bond motifs is 5. The van der Waals surface area contributed by atoms with Gasteiger partial charge in [-0.2, -0.15) is 0 Å². The highest BCUT2D eigenvalue weighted by atomic mass is 32.1. The molecule has 9 heteroatoms. The number of carbonyl (C=O) groups excluding carboxylic acids is 1. The number of anilines is 1. The van der Waals surface area contributed by atoms with E-state index in [2.05, 4.69) is 28.4 Å². The number of aryl methyl sites for hydroxylation is 2. The van der Waals surface area contributed by atoms with Gasteiger partial charge in [0.1, 0.15) is 5.75 Å². The van der Waals surface area contributed by atoms with E-state index in [0.29, 0.717) is 35.1 Å². The molecule has 3 aliphatic rings. The first kappa shape index (κ1) is 24.7. The Morgan fingerprint density at radius 3 is 2.92 bits per heavy atom.